The summed E-state index contributed by atoms with van der Waals surface area (Å²) in [5.41, 5.74) is 0.801. The highest BCUT2D eigenvalue weighted by atomic mass is 35.5. The van der Waals surface area contributed by atoms with Crippen LogP contribution in [0.4, 0.5) is 17.5 Å². The Bertz CT molecular complexity index is 637. The third-order valence-electron chi connectivity index (χ3n) is 3.05. The maximum atomic E-state index is 6.11. The molecule has 23 heavy (non-hydrogen) atoms. The highest BCUT2D eigenvalue weighted by Gasteiger charge is 2.04. The summed E-state index contributed by atoms with van der Waals surface area (Å²) in [6.07, 6.45) is 2.56. The lowest BCUT2D eigenvalue weighted by Gasteiger charge is -2.11. The number of rotatable bonds is 8. The van der Waals surface area contributed by atoms with E-state index < -0.39 is 0 Å². The summed E-state index contributed by atoms with van der Waals surface area (Å²) in [6.45, 7) is 1.79. The first-order valence-corrected chi connectivity index (χ1v) is 7.65. The molecule has 1 aromatic carbocycles. The van der Waals surface area contributed by atoms with Crippen molar-refractivity contribution in [2.24, 2.45) is 0 Å². The van der Waals surface area contributed by atoms with E-state index in [1.165, 1.54) is 0 Å². The SMILES string of the molecule is COc1ccc(Nc2cnnc(NCCCN(C)C)n2)cc1Cl. The molecule has 8 heteroatoms. The van der Waals surface area contributed by atoms with Crippen molar-refractivity contribution in [2.75, 3.05) is 44.9 Å². The smallest absolute Gasteiger partial charge is 0.244 e. The Balaban J connectivity index is 1.95. The Morgan fingerprint density at radius 1 is 1.30 bits per heavy atom. The molecule has 1 aromatic heterocycles. The number of methoxy groups -OCH3 is 1. The third-order valence-corrected chi connectivity index (χ3v) is 3.34. The van der Waals surface area contributed by atoms with E-state index in [4.69, 9.17) is 16.3 Å². The summed E-state index contributed by atoms with van der Waals surface area (Å²) < 4.78 is 5.13. The van der Waals surface area contributed by atoms with Gasteiger partial charge in [0.25, 0.3) is 0 Å². The fourth-order valence-electron chi connectivity index (χ4n) is 1.93. The predicted molar refractivity (Wildman–Crippen MR) is 92.8 cm³/mol. The van der Waals surface area contributed by atoms with Gasteiger partial charge in [0.15, 0.2) is 5.82 Å². The van der Waals surface area contributed by atoms with Crippen LogP contribution in [0.3, 0.4) is 0 Å². The zero-order valence-electron chi connectivity index (χ0n) is 13.5. The number of nitrogens with one attached hydrogen (secondary N) is 2. The van der Waals surface area contributed by atoms with Gasteiger partial charge in [-0.3, -0.25) is 0 Å². The minimum atomic E-state index is 0.494. The van der Waals surface area contributed by atoms with Crippen molar-refractivity contribution in [3.05, 3.63) is 29.4 Å². The molecular formula is C15H21ClN6O. The van der Waals surface area contributed by atoms with Gasteiger partial charge in [0, 0.05) is 12.2 Å². The van der Waals surface area contributed by atoms with Crippen LogP contribution >= 0.6 is 11.6 Å². The molecular weight excluding hydrogens is 316 g/mol. The summed E-state index contributed by atoms with van der Waals surface area (Å²) in [4.78, 5) is 6.50. The molecule has 0 aliphatic carbocycles. The predicted octanol–water partition coefficient (Wildman–Crippen LogP) is 2.64. The molecule has 0 fully saturated rings. The van der Waals surface area contributed by atoms with E-state index in [1.807, 2.05) is 20.2 Å². The number of benzene rings is 1. The minimum absolute atomic E-state index is 0.494. The van der Waals surface area contributed by atoms with Crippen LogP contribution < -0.4 is 15.4 Å². The van der Waals surface area contributed by atoms with Gasteiger partial charge in [0.1, 0.15) is 5.75 Å². The van der Waals surface area contributed by atoms with Gasteiger partial charge in [0.05, 0.1) is 18.3 Å². The molecule has 0 unspecified atom stereocenters. The second-order valence-corrected chi connectivity index (χ2v) is 5.63. The monoisotopic (exact) mass is 336 g/mol. The van der Waals surface area contributed by atoms with Crippen molar-refractivity contribution in [3.63, 3.8) is 0 Å². The van der Waals surface area contributed by atoms with Gasteiger partial charge < -0.3 is 20.3 Å². The number of hydrogen-bond donors (Lipinski definition) is 2. The molecule has 0 bridgehead atoms. The number of nitrogens with zero attached hydrogens (tertiary/aromatic N) is 4. The number of halogens is 1. The second-order valence-electron chi connectivity index (χ2n) is 5.22. The summed E-state index contributed by atoms with van der Waals surface area (Å²) in [5.74, 6) is 1.71. The molecule has 0 saturated heterocycles. The van der Waals surface area contributed by atoms with E-state index >= 15 is 0 Å². The molecule has 2 N–H and O–H groups in total. The van der Waals surface area contributed by atoms with Crippen LogP contribution in [-0.2, 0) is 0 Å². The topological polar surface area (TPSA) is 75.2 Å². The summed E-state index contributed by atoms with van der Waals surface area (Å²) in [5, 5.41) is 14.7. The normalized spacial score (nSPS) is 10.7. The van der Waals surface area contributed by atoms with E-state index in [-0.39, 0.29) is 0 Å². The van der Waals surface area contributed by atoms with E-state index in [0.717, 1.165) is 25.2 Å². The number of ether oxygens (including phenoxy) is 1. The van der Waals surface area contributed by atoms with E-state index in [1.54, 1.807) is 25.4 Å². The average Bonchev–Trinajstić information content (AvgIpc) is 2.52. The van der Waals surface area contributed by atoms with Crippen molar-refractivity contribution in [1.82, 2.24) is 20.1 Å². The van der Waals surface area contributed by atoms with Gasteiger partial charge >= 0.3 is 0 Å². The highest BCUT2D eigenvalue weighted by Crippen LogP contribution is 2.28. The average molecular weight is 337 g/mol. The quantitative estimate of drug-likeness (QED) is 0.718. The number of aromatic nitrogens is 3. The highest BCUT2D eigenvalue weighted by molar-refractivity contribution is 6.32. The van der Waals surface area contributed by atoms with Crippen molar-refractivity contribution in [3.8, 4) is 5.75 Å². The molecule has 7 nitrogen and oxygen atoms in total. The van der Waals surface area contributed by atoms with E-state index in [9.17, 15) is 0 Å². The van der Waals surface area contributed by atoms with Crippen LogP contribution in [0.2, 0.25) is 5.02 Å². The fraction of sp³-hybridized carbons (Fsp3) is 0.400. The van der Waals surface area contributed by atoms with Gasteiger partial charge in [-0.1, -0.05) is 11.6 Å². The zero-order chi connectivity index (χ0) is 16.7. The molecule has 0 amide bonds. The van der Waals surface area contributed by atoms with Crippen LogP contribution in [0.15, 0.2) is 24.4 Å². The van der Waals surface area contributed by atoms with Crippen molar-refractivity contribution in [1.29, 1.82) is 0 Å². The van der Waals surface area contributed by atoms with Crippen molar-refractivity contribution >= 4 is 29.1 Å². The first kappa shape index (κ1) is 17.2. The van der Waals surface area contributed by atoms with Crippen molar-refractivity contribution < 1.29 is 4.74 Å². The molecule has 0 saturated carbocycles. The molecule has 0 spiro atoms. The van der Waals surface area contributed by atoms with E-state index in [0.29, 0.717) is 22.5 Å². The number of hydrogen-bond acceptors (Lipinski definition) is 7. The minimum Gasteiger partial charge on any atom is -0.495 e. The van der Waals surface area contributed by atoms with Crippen LogP contribution in [0.1, 0.15) is 6.42 Å². The lowest BCUT2D eigenvalue weighted by Crippen LogP contribution is -2.17. The first-order chi connectivity index (χ1) is 11.1. The first-order valence-electron chi connectivity index (χ1n) is 7.27. The van der Waals surface area contributed by atoms with Crippen LogP contribution in [0.5, 0.6) is 5.75 Å². The van der Waals surface area contributed by atoms with Gasteiger partial charge in [-0.15, -0.1) is 5.10 Å². The van der Waals surface area contributed by atoms with Gasteiger partial charge in [-0.2, -0.15) is 10.1 Å². The summed E-state index contributed by atoms with van der Waals surface area (Å²) in [7, 11) is 5.67. The van der Waals surface area contributed by atoms with Gasteiger partial charge in [0.2, 0.25) is 5.95 Å². The Kier molecular flexibility index (Phi) is 6.37. The van der Waals surface area contributed by atoms with Crippen LogP contribution in [0, 0.1) is 0 Å². The lowest BCUT2D eigenvalue weighted by atomic mass is 10.3. The molecule has 0 radical (unpaired) electrons. The van der Waals surface area contributed by atoms with Crippen molar-refractivity contribution in [2.45, 2.75) is 6.42 Å². The summed E-state index contributed by atoms with van der Waals surface area (Å²) >= 11 is 6.11. The zero-order valence-corrected chi connectivity index (χ0v) is 14.3. The molecule has 0 atom stereocenters. The molecule has 2 rings (SSSR count). The Morgan fingerprint density at radius 2 is 2.13 bits per heavy atom. The largest absolute Gasteiger partial charge is 0.495 e. The molecule has 1 heterocycles. The van der Waals surface area contributed by atoms with Gasteiger partial charge in [-0.25, -0.2) is 0 Å². The lowest BCUT2D eigenvalue weighted by molar-refractivity contribution is 0.405. The molecule has 0 aliphatic heterocycles. The van der Waals surface area contributed by atoms with Gasteiger partial charge in [-0.05, 0) is 45.3 Å². The maximum absolute atomic E-state index is 6.11. The fourth-order valence-corrected chi connectivity index (χ4v) is 2.18. The molecule has 0 aliphatic rings. The Morgan fingerprint density at radius 3 is 2.83 bits per heavy atom. The summed E-state index contributed by atoms with van der Waals surface area (Å²) in [6, 6.07) is 5.42. The third kappa shape index (κ3) is 5.54. The standard InChI is InChI=1S/C15H21ClN6O/c1-22(2)8-4-7-17-15-20-14(10-18-21-15)19-11-5-6-13(23-3)12(16)9-11/h5-6,9-10H,4,7-8H2,1-3H3,(H2,17,19,20,21). The van der Waals surface area contributed by atoms with Crippen LogP contribution in [-0.4, -0.2) is 54.4 Å². The molecule has 124 valence electrons. The number of anilines is 3. The molecule has 2 aromatic rings. The van der Waals surface area contributed by atoms with Crippen LogP contribution in [0.25, 0.3) is 0 Å². The second kappa shape index (κ2) is 8.50. The Labute approximate surface area is 141 Å². The Hall–Kier alpha value is -2.12. The van der Waals surface area contributed by atoms with E-state index in [2.05, 4.69) is 30.7 Å². The maximum Gasteiger partial charge on any atom is 0.244 e.